The van der Waals surface area contributed by atoms with Gasteiger partial charge in [0.1, 0.15) is 0 Å². The minimum Gasteiger partial charge on any atom is -0.336 e. The van der Waals surface area contributed by atoms with Crippen molar-refractivity contribution in [1.82, 2.24) is 9.80 Å². The Hall–Kier alpha value is -1.56. The molecule has 3 rings (SSSR count). The summed E-state index contributed by atoms with van der Waals surface area (Å²) in [6.07, 6.45) is -1.77. The van der Waals surface area contributed by atoms with Crippen molar-refractivity contribution in [2.24, 2.45) is 5.92 Å². The SMILES string of the molecule is CC(C1CC1)N1CCN(C(=O)c2ccc(C(F)(F)F)cc2)CC1. The van der Waals surface area contributed by atoms with Crippen LogP contribution in [0.25, 0.3) is 0 Å². The summed E-state index contributed by atoms with van der Waals surface area (Å²) in [4.78, 5) is 16.6. The van der Waals surface area contributed by atoms with Gasteiger partial charge < -0.3 is 4.90 Å². The number of nitrogens with zero attached hydrogens (tertiary/aromatic N) is 2. The van der Waals surface area contributed by atoms with Crippen molar-refractivity contribution in [3.05, 3.63) is 35.4 Å². The van der Waals surface area contributed by atoms with Crippen LogP contribution in [0.3, 0.4) is 0 Å². The molecule has 1 saturated heterocycles. The highest BCUT2D eigenvalue weighted by Gasteiger charge is 2.34. The van der Waals surface area contributed by atoms with Crippen molar-refractivity contribution in [3.63, 3.8) is 0 Å². The van der Waals surface area contributed by atoms with E-state index in [4.69, 9.17) is 0 Å². The highest BCUT2D eigenvalue weighted by atomic mass is 19.4. The molecule has 1 heterocycles. The Morgan fingerprint density at radius 1 is 1.09 bits per heavy atom. The Bertz CT molecular complexity index is 558. The molecule has 0 radical (unpaired) electrons. The van der Waals surface area contributed by atoms with Crippen LogP contribution in [0, 0.1) is 5.92 Å². The Morgan fingerprint density at radius 3 is 2.13 bits per heavy atom. The van der Waals surface area contributed by atoms with Crippen molar-refractivity contribution in [3.8, 4) is 0 Å². The summed E-state index contributed by atoms with van der Waals surface area (Å²) in [6.45, 7) is 5.19. The summed E-state index contributed by atoms with van der Waals surface area (Å²) in [7, 11) is 0. The quantitative estimate of drug-likeness (QED) is 0.851. The maximum absolute atomic E-state index is 12.6. The Kier molecular flexibility index (Phi) is 4.36. The predicted molar refractivity (Wildman–Crippen MR) is 81.1 cm³/mol. The second-order valence-electron chi connectivity index (χ2n) is 6.48. The van der Waals surface area contributed by atoms with Crippen molar-refractivity contribution in [2.75, 3.05) is 26.2 Å². The van der Waals surface area contributed by atoms with Gasteiger partial charge in [-0.2, -0.15) is 13.2 Å². The van der Waals surface area contributed by atoms with E-state index in [0.717, 1.165) is 31.1 Å². The number of carbonyl (C=O) groups is 1. The zero-order valence-electron chi connectivity index (χ0n) is 13.1. The minimum atomic E-state index is -4.37. The van der Waals surface area contributed by atoms with E-state index < -0.39 is 11.7 Å². The largest absolute Gasteiger partial charge is 0.416 e. The molecule has 1 aromatic carbocycles. The molecule has 1 aliphatic heterocycles. The van der Waals surface area contributed by atoms with E-state index in [1.165, 1.54) is 25.0 Å². The van der Waals surface area contributed by atoms with Gasteiger partial charge in [0, 0.05) is 37.8 Å². The van der Waals surface area contributed by atoms with Gasteiger partial charge in [0.15, 0.2) is 0 Å². The van der Waals surface area contributed by atoms with Crippen LogP contribution >= 0.6 is 0 Å². The second kappa shape index (κ2) is 6.15. The molecule has 23 heavy (non-hydrogen) atoms. The van der Waals surface area contributed by atoms with Crippen LogP contribution in [0.5, 0.6) is 0 Å². The number of hydrogen-bond acceptors (Lipinski definition) is 2. The van der Waals surface area contributed by atoms with Gasteiger partial charge in [-0.25, -0.2) is 0 Å². The lowest BCUT2D eigenvalue weighted by Gasteiger charge is -2.38. The monoisotopic (exact) mass is 326 g/mol. The number of piperazine rings is 1. The Morgan fingerprint density at radius 2 is 1.65 bits per heavy atom. The molecule has 1 saturated carbocycles. The van der Waals surface area contributed by atoms with Gasteiger partial charge in [0.05, 0.1) is 5.56 Å². The summed E-state index contributed by atoms with van der Waals surface area (Å²) < 4.78 is 37.7. The van der Waals surface area contributed by atoms with Crippen molar-refractivity contribution in [2.45, 2.75) is 32.0 Å². The highest BCUT2D eigenvalue weighted by Crippen LogP contribution is 2.35. The van der Waals surface area contributed by atoms with Crippen LogP contribution in [-0.4, -0.2) is 47.9 Å². The number of hydrogen-bond donors (Lipinski definition) is 0. The third-order valence-electron chi connectivity index (χ3n) is 4.94. The van der Waals surface area contributed by atoms with Crippen molar-refractivity contribution >= 4 is 5.91 Å². The van der Waals surface area contributed by atoms with Crippen LogP contribution in [0.2, 0.25) is 0 Å². The zero-order chi connectivity index (χ0) is 16.6. The Labute approximate surface area is 134 Å². The molecule has 2 fully saturated rings. The van der Waals surface area contributed by atoms with Crippen molar-refractivity contribution in [1.29, 1.82) is 0 Å². The maximum atomic E-state index is 12.6. The van der Waals surface area contributed by atoms with Crippen molar-refractivity contribution < 1.29 is 18.0 Å². The molecule has 1 unspecified atom stereocenters. The van der Waals surface area contributed by atoms with E-state index in [9.17, 15) is 18.0 Å². The van der Waals surface area contributed by atoms with Crippen LogP contribution in [0.15, 0.2) is 24.3 Å². The highest BCUT2D eigenvalue weighted by molar-refractivity contribution is 5.94. The molecule has 1 aliphatic carbocycles. The summed E-state index contributed by atoms with van der Waals surface area (Å²) in [5.74, 6) is 0.615. The molecule has 1 atom stereocenters. The first-order valence-corrected chi connectivity index (χ1v) is 8.07. The fourth-order valence-electron chi connectivity index (χ4n) is 3.19. The lowest BCUT2D eigenvalue weighted by molar-refractivity contribution is -0.137. The topological polar surface area (TPSA) is 23.6 Å². The molecule has 1 aromatic rings. The van der Waals surface area contributed by atoms with Gasteiger partial charge in [-0.05, 0) is 49.9 Å². The fraction of sp³-hybridized carbons (Fsp3) is 0.588. The first-order chi connectivity index (χ1) is 10.9. The first-order valence-electron chi connectivity index (χ1n) is 8.07. The van der Waals surface area contributed by atoms with E-state index in [2.05, 4.69) is 11.8 Å². The van der Waals surface area contributed by atoms with Gasteiger partial charge in [0.2, 0.25) is 0 Å². The lowest BCUT2D eigenvalue weighted by atomic mass is 10.1. The number of rotatable bonds is 3. The van der Waals surface area contributed by atoms with E-state index in [0.29, 0.717) is 24.7 Å². The van der Waals surface area contributed by atoms with Gasteiger partial charge in [-0.3, -0.25) is 9.69 Å². The van der Waals surface area contributed by atoms with Crippen LogP contribution in [0.4, 0.5) is 13.2 Å². The second-order valence-corrected chi connectivity index (χ2v) is 6.48. The first kappa shape index (κ1) is 16.3. The predicted octanol–water partition coefficient (Wildman–Crippen LogP) is 3.26. The van der Waals surface area contributed by atoms with E-state index in [1.807, 2.05) is 0 Å². The molecule has 0 aromatic heterocycles. The van der Waals surface area contributed by atoms with Gasteiger partial charge in [-0.1, -0.05) is 0 Å². The summed E-state index contributed by atoms with van der Waals surface area (Å²) in [5, 5.41) is 0. The third kappa shape index (κ3) is 3.68. The average Bonchev–Trinajstić information content (AvgIpc) is 3.38. The van der Waals surface area contributed by atoms with Gasteiger partial charge in [-0.15, -0.1) is 0 Å². The van der Waals surface area contributed by atoms with E-state index in [1.54, 1.807) is 4.90 Å². The molecule has 0 spiro atoms. The van der Waals surface area contributed by atoms with Crippen LogP contribution < -0.4 is 0 Å². The number of carbonyl (C=O) groups excluding carboxylic acids is 1. The molecule has 3 nitrogen and oxygen atoms in total. The minimum absolute atomic E-state index is 0.183. The number of amides is 1. The molecule has 1 amide bonds. The van der Waals surface area contributed by atoms with Crippen LogP contribution in [-0.2, 0) is 6.18 Å². The van der Waals surface area contributed by atoms with E-state index in [-0.39, 0.29) is 5.91 Å². The molecule has 2 aliphatic rings. The van der Waals surface area contributed by atoms with Gasteiger partial charge >= 0.3 is 6.18 Å². The molecule has 0 N–H and O–H groups in total. The summed E-state index contributed by atoms with van der Waals surface area (Å²) in [6, 6.07) is 5.05. The molecule has 6 heteroatoms. The molecule has 126 valence electrons. The standard InChI is InChI=1S/C17H21F3N2O/c1-12(13-2-3-13)21-8-10-22(11-9-21)16(23)14-4-6-15(7-5-14)17(18,19)20/h4-7,12-13H,2-3,8-11H2,1H3. The molecular weight excluding hydrogens is 305 g/mol. The molecule has 0 bridgehead atoms. The number of halogens is 3. The summed E-state index contributed by atoms with van der Waals surface area (Å²) in [5.41, 5.74) is -0.404. The average molecular weight is 326 g/mol. The summed E-state index contributed by atoms with van der Waals surface area (Å²) >= 11 is 0. The zero-order valence-corrected chi connectivity index (χ0v) is 13.1. The fourth-order valence-corrected chi connectivity index (χ4v) is 3.19. The van der Waals surface area contributed by atoms with Gasteiger partial charge in [0.25, 0.3) is 5.91 Å². The van der Waals surface area contributed by atoms with E-state index >= 15 is 0 Å². The lowest BCUT2D eigenvalue weighted by Crippen LogP contribution is -2.51. The normalized spacial score (nSPS) is 21.3. The third-order valence-corrected chi connectivity index (χ3v) is 4.94. The smallest absolute Gasteiger partial charge is 0.336 e. The molecular formula is C17H21F3N2O. The number of benzene rings is 1. The number of alkyl halides is 3. The van der Waals surface area contributed by atoms with Crippen LogP contribution in [0.1, 0.15) is 35.7 Å². The maximum Gasteiger partial charge on any atom is 0.416 e. The Balaban J connectivity index is 1.58.